The first-order chi connectivity index (χ1) is 27.9. The molecule has 1 aliphatic carbocycles. The fourth-order valence-corrected chi connectivity index (χ4v) is 7.23. The van der Waals surface area contributed by atoms with Crippen LogP contribution in [-0.4, -0.2) is 105 Å². The molecular weight excluding hydrogens is 787 g/mol. The third-order valence-electron chi connectivity index (χ3n) is 10.1. The normalized spacial score (nSPS) is 16.7. The summed E-state index contributed by atoms with van der Waals surface area (Å²) in [6.07, 6.45) is 7.53. The van der Waals surface area contributed by atoms with Crippen LogP contribution in [0.2, 0.25) is 0 Å². The molecule has 1 fully saturated rings. The van der Waals surface area contributed by atoms with Crippen molar-refractivity contribution in [2.75, 3.05) is 0 Å². The first-order valence-corrected chi connectivity index (χ1v) is 21.1. The van der Waals surface area contributed by atoms with Gasteiger partial charge in [-0.1, -0.05) is 60.3 Å². The van der Waals surface area contributed by atoms with Gasteiger partial charge in [0.2, 0.25) is 35.4 Å². The van der Waals surface area contributed by atoms with E-state index in [1.807, 2.05) is 6.92 Å². The molecule has 0 radical (unpaired) electrons. The maximum absolute atomic E-state index is 14.2. The van der Waals surface area contributed by atoms with Crippen LogP contribution in [0.3, 0.4) is 0 Å². The van der Waals surface area contributed by atoms with Gasteiger partial charge in [0, 0.05) is 24.9 Å². The fraction of sp³-hybridized carbons (Fsp3) is 0.650. The maximum Gasteiger partial charge on any atom is 0.305 e. The molecule has 0 unspecified atom stereocenters. The van der Waals surface area contributed by atoms with E-state index in [1.165, 1.54) is 17.4 Å². The number of hydrogen-bond acceptors (Lipinski definition) is 11. The van der Waals surface area contributed by atoms with E-state index in [1.54, 1.807) is 45.3 Å². The molecular formula is C40H61N7O11S. The van der Waals surface area contributed by atoms with E-state index in [0.717, 1.165) is 26.2 Å². The highest BCUT2D eigenvalue weighted by atomic mass is 32.1. The molecule has 1 saturated carbocycles. The molecule has 1 heterocycles. The van der Waals surface area contributed by atoms with Gasteiger partial charge < -0.3 is 42.1 Å². The second-order valence-electron chi connectivity index (χ2n) is 15.4. The highest BCUT2D eigenvalue weighted by Gasteiger charge is 2.37. The van der Waals surface area contributed by atoms with Crippen molar-refractivity contribution in [2.45, 2.75) is 148 Å². The standard InChI is InChI=1S/C40H61N7O11S/c1-7-23(5)34(39(57)47-35(25-12-10-9-11-13-25)40(58)43-26(8-2)30(49)15-16-31-41-18-19-59-31)46-38(56)28(20-22(3)4)45-36(54)27(14-17-32(50)51)44-37(55)29(21-33(52)53)42-24(6)48/h15-16,18-19,22-23,25-29,34-35H,7-14,17,20-21H2,1-6H3,(H,42,48)(H,43,58)(H,44,55)(H,45,54)(H,46,56)(H,47,57)(H,50,51)(H,52,53)/b16-15+/t23-,26-,27+,28-,29-,34-,35-/m0/s1. The van der Waals surface area contributed by atoms with Crippen LogP contribution in [0.1, 0.15) is 117 Å². The third-order valence-corrected chi connectivity index (χ3v) is 10.8. The smallest absolute Gasteiger partial charge is 0.305 e. The van der Waals surface area contributed by atoms with Gasteiger partial charge in [-0.2, -0.15) is 0 Å². The molecule has 0 bridgehead atoms. The molecule has 1 aromatic heterocycles. The van der Waals surface area contributed by atoms with Crippen molar-refractivity contribution >= 4 is 70.6 Å². The number of rotatable bonds is 25. The molecule has 19 heteroatoms. The van der Waals surface area contributed by atoms with E-state index in [2.05, 4.69) is 36.9 Å². The first kappa shape index (κ1) is 49.9. The predicted octanol–water partition coefficient (Wildman–Crippen LogP) is 2.08. The molecule has 0 aromatic carbocycles. The predicted molar refractivity (Wildman–Crippen MR) is 218 cm³/mol. The van der Waals surface area contributed by atoms with Gasteiger partial charge in [0.1, 0.15) is 35.2 Å². The molecule has 1 aromatic rings. The number of ketones is 1. The topological polar surface area (TPSA) is 279 Å². The van der Waals surface area contributed by atoms with Crippen LogP contribution in [0, 0.1) is 17.8 Å². The Hall–Kier alpha value is -5.20. The lowest BCUT2D eigenvalue weighted by molar-refractivity contribution is -0.141. The summed E-state index contributed by atoms with van der Waals surface area (Å²) in [5, 5.41) is 36.5. The van der Waals surface area contributed by atoms with Crippen LogP contribution in [-0.2, 0) is 43.2 Å². The molecule has 1 aliphatic rings. The second-order valence-corrected chi connectivity index (χ2v) is 16.3. The van der Waals surface area contributed by atoms with Crippen molar-refractivity contribution in [1.29, 1.82) is 0 Å². The van der Waals surface area contributed by atoms with Gasteiger partial charge >= 0.3 is 11.9 Å². The largest absolute Gasteiger partial charge is 0.481 e. The number of carbonyl (C=O) groups excluding carboxylic acids is 7. The van der Waals surface area contributed by atoms with Crippen molar-refractivity contribution in [2.24, 2.45) is 17.8 Å². The molecule has 0 spiro atoms. The monoisotopic (exact) mass is 847 g/mol. The van der Waals surface area contributed by atoms with Gasteiger partial charge in [-0.05, 0) is 62.0 Å². The number of nitrogens with zero attached hydrogens (tertiary/aromatic N) is 1. The molecule has 0 saturated heterocycles. The van der Waals surface area contributed by atoms with Gasteiger partial charge in [-0.25, -0.2) is 4.98 Å². The zero-order valence-corrected chi connectivity index (χ0v) is 35.5. The molecule has 18 nitrogen and oxygen atoms in total. The van der Waals surface area contributed by atoms with Crippen molar-refractivity contribution in [3.05, 3.63) is 22.7 Å². The molecule has 59 heavy (non-hydrogen) atoms. The van der Waals surface area contributed by atoms with Crippen molar-refractivity contribution in [3.8, 4) is 0 Å². The Morgan fingerprint density at radius 1 is 0.746 bits per heavy atom. The lowest BCUT2D eigenvalue weighted by Gasteiger charge is -2.33. The maximum atomic E-state index is 14.2. The van der Waals surface area contributed by atoms with Gasteiger partial charge in [0.05, 0.1) is 12.5 Å². The zero-order valence-electron chi connectivity index (χ0n) is 34.7. The average Bonchev–Trinajstić information content (AvgIpc) is 3.71. The SMILES string of the molecule is CC[C@H](NC(=O)[C@@H](NC(=O)[C@@H](NC(=O)[C@H](CC(C)C)NC(=O)[C@@H](CCC(=O)O)NC(=O)[C@H](CC(=O)O)NC(C)=O)[C@@H](C)CC)C1CCCCC1)C(=O)/C=C/c1nccs1. The average molecular weight is 848 g/mol. The number of carbonyl (C=O) groups is 9. The molecule has 6 amide bonds. The number of amides is 6. The molecule has 0 aliphatic heterocycles. The van der Waals surface area contributed by atoms with Crippen LogP contribution in [0.25, 0.3) is 6.08 Å². The van der Waals surface area contributed by atoms with Gasteiger partial charge in [-0.3, -0.25) is 43.2 Å². The number of carboxylic acid groups (broad SMARTS) is 2. The van der Waals surface area contributed by atoms with Gasteiger partial charge in [0.15, 0.2) is 5.78 Å². The Morgan fingerprint density at radius 3 is 1.90 bits per heavy atom. The minimum atomic E-state index is -1.58. The molecule has 2 rings (SSSR count). The van der Waals surface area contributed by atoms with E-state index in [4.69, 9.17) is 0 Å². The summed E-state index contributed by atoms with van der Waals surface area (Å²) in [7, 11) is 0. The Morgan fingerprint density at radius 2 is 1.36 bits per heavy atom. The van der Waals surface area contributed by atoms with E-state index < -0.39 is 109 Å². The van der Waals surface area contributed by atoms with Crippen LogP contribution >= 0.6 is 11.3 Å². The van der Waals surface area contributed by atoms with Crippen LogP contribution < -0.4 is 31.9 Å². The number of nitrogens with one attached hydrogen (secondary N) is 6. The Labute approximate surface area is 348 Å². The summed E-state index contributed by atoms with van der Waals surface area (Å²) in [6, 6.07) is -7.43. The van der Waals surface area contributed by atoms with E-state index in [9.17, 15) is 53.4 Å². The van der Waals surface area contributed by atoms with Crippen LogP contribution in [0.5, 0.6) is 0 Å². The van der Waals surface area contributed by atoms with E-state index in [0.29, 0.717) is 30.7 Å². The van der Waals surface area contributed by atoms with Gasteiger partial charge in [-0.15, -0.1) is 11.3 Å². The highest BCUT2D eigenvalue weighted by molar-refractivity contribution is 7.10. The Balaban J connectivity index is 2.34. The summed E-state index contributed by atoms with van der Waals surface area (Å²) in [5.74, 6) is -8.52. The van der Waals surface area contributed by atoms with E-state index >= 15 is 0 Å². The molecule has 7 atom stereocenters. The van der Waals surface area contributed by atoms with Crippen molar-refractivity contribution in [1.82, 2.24) is 36.9 Å². The first-order valence-electron chi connectivity index (χ1n) is 20.2. The number of hydrogen-bond donors (Lipinski definition) is 8. The molecule has 8 N–H and O–H groups in total. The summed E-state index contributed by atoms with van der Waals surface area (Å²) in [4.78, 5) is 121. The summed E-state index contributed by atoms with van der Waals surface area (Å²) in [6.45, 7) is 9.97. The summed E-state index contributed by atoms with van der Waals surface area (Å²) < 4.78 is 0. The Kier molecular flexibility index (Phi) is 21.4. The quantitative estimate of drug-likeness (QED) is 0.0657. The Bertz CT molecular complexity index is 1630. The highest BCUT2D eigenvalue weighted by Crippen LogP contribution is 2.27. The zero-order chi connectivity index (χ0) is 44.2. The van der Waals surface area contributed by atoms with Crippen LogP contribution in [0.4, 0.5) is 0 Å². The minimum Gasteiger partial charge on any atom is -0.481 e. The third kappa shape index (κ3) is 17.7. The molecule has 328 valence electrons. The minimum absolute atomic E-state index is 0.0656. The van der Waals surface area contributed by atoms with E-state index in [-0.39, 0.29) is 24.0 Å². The number of thiazole rings is 1. The lowest BCUT2D eigenvalue weighted by Crippen LogP contribution is -2.61. The van der Waals surface area contributed by atoms with Gasteiger partial charge in [0.25, 0.3) is 0 Å². The second kappa shape index (κ2) is 25.3. The number of aromatic nitrogens is 1. The number of carboxylic acids is 2. The summed E-state index contributed by atoms with van der Waals surface area (Å²) in [5.41, 5.74) is 0. The lowest BCUT2D eigenvalue weighted by atomic mass is 9.83. The number of aliphatic carboxylic acids is 2. The fourth-order valence-electron chi connectivity index (χ4n) is 6.70. The van der Waals surface area contributed by atoms with Crippen molar-refractivity contribution in [3.63, 3.8) is 0 Å². The van der Waals surface area contributed by atoms with Crippen molar-refractivity contribution < 1.29 is 53.4 Å². The summed E-state index contributed by atoms with van der Waals surface area (Å²) >= 11 is 1.36. The van der Waals surface area contributed by atoms with Crippen LogP contribution in [0.15, 0.2) is 17.7 Å².